The number of hydrogen-bond acceptors (Lipinski definition) is 4. The maximum absolute atomic E-state index is 12.9. The van der Waals surface area contributed by atoms with E-state index in [1.54, 1.807) is 30.7 Å². The van der Waals surface area contributed by atoms with E-state index in [2.05, 4.69) is 20.8 Å². The molecule has 22 heavy (non-hydrogen) atoms. The summed E-state index contributed by atoms with van der Waals surface area (Å²) in [6, 6.07) is 1.88. The van der Waals surface area contributed by atoms with Gasteiger partial charge in [-0.15, -0.1) is 11.3 Å². The van der Waals surface area contributed by atoms with E-state index >= 15 is 0 Å². The van der Waals surface area contributed by atoms with Crippen LogP contribution in [0, 0.1) is 0 Å². The molecule has 122 valence electrons. The molecule has 1 aromatic heterocycles. The van der Waals surface area contributed by atoms with Gasteiger partial charge in [-0.2, -0.15) is 0 Å². The second-order valence-electron chi connectivity index (χ2n) is 7.39. The third-order valence-electron chi connectivity index (χ3n) is 4.14. The Hall–Kier alpha value is -1.56. The van der Waals surface area contributed by atoms with E-state index in [4.69, 9.17) is 5.73 Å². The van der Waals surface area contributed by atoms with Crippen LogP contribution in [0.4, 0.5) is 5.69 Å². The first-order valence-corrected chi connectivity index (χ1v) is 8.25. The summed E-state index contributed by atoms with van der Waals surface area (Å²) in [5.74, 6) is -0.192. The molecule has 2 heterocycles. The van der Waals surface area contributed by atoms with Gasteiger partial charge < -0.3 is 15.5 Å². The molecule has 1 aliphatic rings. The zero-order valence-electron chi connectivity index (χ0n) is 14.2. The minimum absolute atomic E-state index is 0.0433. The number of carbonyl (C=O) groups is 2. The summed E-state index contributed by atoms with van der Waals surface area (Å²) in [4.78, 5) is 30.2. The van der Waals surface area contributed by atoms with Gasteiger partial charge in [0.1, 0.15) is 10.4 Å². The molecule has 0 aliphatic carbocycles. The molecule has 1 aromatic rings. The largest absolute Gasteiger partial charge is 0.397 e. The van der Waals surface area contributed by atoms with Crippen LogP contribution < -0.4 is 5.73 Å². The average molecular weight is 323 g/mol. The molecule has 5 nitrogen and oxygen atoms in total. The first-order valence-electron chi connectivity index (χ1n) is 7.43. The number of anilines is 1. The molecule has 1 aliphatic heterocycles. The van der Waals surface area contributed by atoms with Crippen molar-refractivity contribution in [2.75, 3.05) is 25.9 Å². The van der Waals surface area contributed by atoms with E-state index in [1.165, 1.54) is 11.3 Å². The molecule has 6 heteroatoms. The Kier molecular flexibility index (Phi) is 4.02. The highest BCUT2D eigenvalue weighted by Crippen LogP contribution is 2.36. The molecule has 0 atom stereocenters. The highest BCUT2D eigenvalue weighted by Gasteiger charge is 2.44. The first kappa shape index (κ1) is 16.8. The smallest absolute Gasteiger partial charge is 0.266 e. The third kappa shape index (κ3) is 2.72. The van der Waals surface area contributed by atoms with Crippen molar-refractivity contribution in [1.29, 1.82) is 0 Å². The number of nitrogen functional groups attached to an aromatic ring is 1. The van der Waals surface area contributed by atoms with Crippen molar-refractivity contribution in [1.82, 2.24) is 9.80 Å². The minimum Gasteiger partial charge on any atom is -0.397 e. The third-order valence-corrected chi connectivity index (χ3v) is 5.71. The maximum Gasteiger partial charge on any atom is 0.266 e. The zero-order valence-corrected chi connectivity index (χ0v) is 15.0. The quantitative estimate of drug-likeness (QED) is 0.862. The van der Waals surface area contributed by atoms with Crippen molar-refractivity contribution >= 4 is 28.8 Å². The maximum atomic E-state index is 12.9. The number of amides is 2. The van der Waals surface area contributed by atoms with Gasteiger partial charge in [0.05, 0.1) is 5.69 Å². The predicted octanol–water partition coefficient (Wildman–Crippen LogP) is 2.32. The monoisotopic (exact) mass is 323 g/mol. The second kappa shape index (κ2) is 5.26. The van der Waals surface area contributed by atoms with Gasteiger partial charge >= 0.3 is 0 Å². The molecular formula is C16H25N3O2S. The van der Waals surface area contributed by atoms with Crippen LogP contribution in [0.25, 0.3) is 0 Å². The Morgan fingerprint density at radius 1 is 1.32 bits per heavy atom. The van der Waals surface area contributed by atoms with Gasteiger partial charge in [-0.1, -0.05) is 20.8 Å². The molecule has 1 fully saturated rings. The lowest BCUT2D eigenvalue weighted by atomic mass is 9.94. The zero-order chi connectivity index (χ0) is 16.9. The van der Waals surface area contributed by atoms with Crippen molar-refractivity contribution < 1.29 is 9.59 Å². The molecule has 2 N–H and O–H groups in total. The van der Waals surface area contributed by atoms with Crippen molar-refractivity contribution in [2.45, 2.75) is 45.6 Å². The van der Waals surface area contributed by atoms with Gasteiger partial charge in [-0.25, -0.2) is 0 Å². The lowest BCUT2D eigenvalue weighted by Crippen LogP contribution is -2.63. The molecular weight excluding hydrogens is 298 g/mol. The normalized spacial score (nSPS) is 18.7. The highest BCUT2D eigenvalue weighted by molar-refractivity contribution is 7.14. The number of likely N-dealkylation sites (N-methyl/N-ethyl adjacent to an activating group) is 1. The Morgan fingerprint density at radius 2 is 1.91 bits per heavy atom. The summed E-state index contributed by atoms with van der Waals surface area (Å²) < 4.78 is 0. The van der Waals surface area contributed by atoms with Gasteiger partial charge in [-0.3, -0.25) is 9.59 Å². The SMILES string of the molecule is CN1CCN(C(=O)c2sc(C(C)(C)C)cc2N)C(C)(C)C1=O. The van der Waals surface area contributed by atoms with E-state index in [0.29, 0.717) is 23.7 Å². The van der Waals surface area contributed by atoms with Crippen LogP contribution in [-0.2, 0) is 10.2 Å². The Morgan fingerprint density at radius 3 is 2.41 bits per heavy atom. The highest BCUT2D eigenvalue weighted by atomic mass is 32.1. The summed E-state index contributed by atoms with van der Waals surface area (Å²) in [5.41, 5.74) is 5.67. The van der Waals surface area contributed by atoms with E-state index < -0.39 is 5.54 Å². The van der Waals surface area contributed by atoms with Crippen molar-refractivity contribution in [2.24, 2.45) is 0 Å². The van der Waals surface area contributed by atoms with Crippen LogP contribution in [0.15, 0.2) is 6.07 Å². The molecule has 1 saturated heterocycles. The second-order valence-corrected chi connectivity index (χ2v) is 8.44. The fourth-order valence-electron chi connectivity index (χ4n) is 2.63. The van der Waals surface area contributed by atoms with Crippen LogP contribution in [0.1, 0.15) is 49.2 Å². The Balaban J connectivity index is 2.36. The van der Waals surface area contributed by atoms with Crippen LogP contribution >= 0.6 is 11.3 Å². The van der Waals surface area contributed by atoms with Gasteiger partial charge in [0.2, 0.25) is 5.91 Å². The fourth-order valence-corrected chi connectivity index (χ4v) is 3.72. The van der Waals surface area contributed by atoms with Crippen molar-refractivity contribution in [3.05, 3.63) is 15.8 Å². The number of thiophene rings is 1. The number of nitrogens with two attached hydrogens (primary N) is 1. The number of hydrogen-bond donors (Lipinski definition) is 1. The summed E-state index contributed by atoms with van der Waals surface area (Å²) in [5, 5.41) is 0. The molecule has 0 unspecified atom stereocenters. The Bertz CT molecular complexity index is 613. The van der Waals surface area contributed by atoms with Crippen LogP contribution in [0.5, 0.6) is 0 Å². The molecule has 2 rings (SSSR count). The number of carbonyl (C=O) groups excluding carboxylic acids is 2. The number of piperazine rings is 1. The lowest BCUT2D eigenvalue weighted by molar-refractivity contribution is -0.144. The van der Waals surface area contributed by atoms with Crippen LogP contribution in [0.2, 0.25) is 0 Å². The minimum atomic E-state index is -0.845. The molecule has 0 saturated carbocycles. The summed E-state index contributed by atoms with van der Waals surface area (Å²) >= 11 is 1.43. The average Bonchev–Trinajstić information content (AvgIpc) is 2.77. The lowest BCUT2D eigenvalue weighted by Gasteiger charge is -2.44. The van der Waals surface area contributed by atoms with Crippen molar-refractivity contribution in [3.8, 4) is 0 Å². The topological polar surface area (TPSA) is 66.6 Å². The number of rotatable bonds is 1. The van der Waals surface area contributed by atoms with E-state index in [-0.39, 0.29) is 17.2 Å². The predicted molar refractivity (Wildman–Crippen MR) is 90.2 cm³/mol. The summed E-state index contributed by atoms with van der Waals surface area (Å²) in [6.45, 7) is 10.9. The molecule has 0 spiro atoms. The summed E-state index contributed by atoms with van der Waals surface area (Å²) in [7, 11) is 1.77. The van der Waals surface area contributed by atoms with Crippen LogP contribution in [-0.4, -0.2) is 47.3 Å². The van der Waals surface area contributed by atoms with E-state index in [0.717, 1.165) is 4.88 Å². The Labute approximate surface area is 136 Å². The van der Waals surface area contributed by atoms with E-state index in [1.807, 2.05) is 6.07 Å². The van der Waals surface area contributed by atoms with E-state index in [9.17, 15) is 9.59 Å². The number of nitrogens with zero attached hydrogens (tertiary/aromatic N) is 2. The molecule has 0 aromatic carbocycles. The molecule has 0 bridgehead atoms. The fraction of sp³-hybridized carbons (Fsp3) is 0.625. The first-order chi connectivity index (χ1) is 9.96. The summed E-state index contributed by atoms with van der Waals surface area (Å²) in [6.07, 6.45) is 0. The molecule has 0 radical (unpaired) electrons. The van der Waals surface area contributed by atoms with Gasteiger partial charge in [0, 0.05) is 25.0 Å². The standard InChI is InChI=1S/C16H25N3O2S/c1-15(2,3)11-9-10(17)12(22-11)13(20)19-8-7-18(6)14(21)16(19,4)5/h9H,7-8,17H2,1-6H3. The van der Waals surface area contributed by atoms with Gasteiger partial charge in [0.25, 0.3) is 5.91 Å². The van der Waals surface area contributed by atoms with Crippen LogP contribution in [0.3, 0.4) is 0 Å². The molecule has 2 amide bonds. The van der Waals surface area contributed by atoms with Crippen molar-refractivity contribution in [3.63, 3.8) is 0 Å². The van der Waals surface area contributed by atoms with Gasteiger partial charge in [-0.05, 0) is 25.3 Å². The van der Waals surface area contributed by atoms with Gasteiger partial charge in [0.15, 0.2) is 0 Å².